The lowest BCUT2D eigenvalue weighted by Crippen LogP contribution is -2.42. The summed E-state index contributed by atoms with van der Waals surface area (Å²) in [6, 6.07) is 0. The van der Waals surface area contributed by atoms with Gasteiger partial charge >= 0.3 is 5.69 Å². The molecule has 0 saturated heterocycles. The molecule has 0 aliphatic rings. The van der Waals surface area contributed by atoms with Gasteiger partial charge in [-0.1, -0.05) is 0 Å². The van der Waals surface area contributed by atoms with Crippen molar-refractivity contribution in [3.8, 4) is 0 Å². The van der Waals surface area contributed by atoms with E-state index in [-0.39, 0.29) is 11.3 Å². The highest BCUT2D eigenvalue weighted by Crippen LogP contribution is 2.18. The zero-order valence-corrected chi connectivity index (χ0v) is 13.5. The van der Waals surface area contributed by atoms with Gasteiger partial charge in [-0.25, -0.2) is 10.1 Å². The molecule has 128 valence electrons. The van der Waals surface area contributed by atoms with E-state index in [1.165, 1.54) is 20.9 Å². The quantitative estimate of drug-likeness (QED) is 0.493. The Morgan fingerprint density at radius 2 is 2.21 bits per heavy atom. The molecule has 2 heterocycles. The van der Waals surface area contributed by atoms with E-state index in [9.17, 15) is 19.3 Å². The number of halogens is 1. The van der Waals surface area contributed by atoms with Crippen LogP contribution in [0.1, 0.15) is 25.1 Å². The summed E-state index contributed by atoms with van der Waals surface area (Å²) in [6.07, 6.45) is 3.35. The van der Waals surface area contributed by atoms with Crippen LogP contribution in [0.5, 0.6) is 0 Å². The highest BCUT2D eigenvalue weighted by atomic mass is 19.1. The number of nitrogens with zero attached hydrogens (tertiary/aromatic N) is 6. The van der Waals surface area contributed by atoms with E-state index in [0.29, 0.717) is 5.69 Å². The largest absolute Gasteiger partial charge is 0.307 e. The second-order valence-electron chi connectivity index (χ2n) is 5.57. The molecule has 2 rings (SSSR count). The molecule has 1 N–H and O–H groups in total. The monoisotopic (exact) mass is 337 g/mol. The minimum absolute atomic E-state index is 0.158. The SMILES string of the molecule is Cc1nn(C)c(F)c1C=NNC(=O)C(C)(C)n1cc([N+](=O)[O-])cn1. The van der Waals surface area contributed by atoms with E-state index in [1.54, 1.807) is 6.92 Å². The van der Waals surface area contributed by atoms with Gasteiger partial charge in [-0.05, 0) is 20.8 Å². The molecule has 24 heavy (non-hydrogen) atoms. The predicted octanol–water partition coefficient (Wildman–Crippen LogP) is 0.858. The number of nitrogens with one attached hydrogen (secondary N) is 1. The van der Waals surface area contributed by atoms with Crippen LogP contribution < -0.4 is 5.43 Å². The maximum Gasteiger partial charge on any atom is 0.307 e. The average molecular weight is 337 g/mol. The van der Waals surface area contributed by atoms with Gasteiger partial charge in [-0.3, -0.25) is 19.6 Å². The van der Waals surface area contributed by atoms with Crippen LogP contribution >= 0.6 is 0 Å². The summed E-state index contributed by atoms with van der Waals surface area (Å²) >= 11 is 0. The molecule has 0 unspecified atom stereocenters. The van der Waals surface area contributed by atoms with Crippen LogP contribution in [-0.4, -0.2) is 36.6 Å². The van der Waals surface area contributed by atoms with Crippen molar-refractivity contribution in [2.24, 2.45) is 12.1 Å². The number of rotatable bonds is 5. The van der Waals surface area contributed by atoms with Crippen LogP contribution in [0.2, 0.25) is 0 Å². The zero-order chi connectivity index (χ0) is 18.1. The Bertz CT molecular complexity index is 822. The fourth-order valence-electron chi connectivity index (χ4n) is 1.90. The summed E-state index contributed by atoms with van der Waals surface area (Å²) in [7, 11) is 1.45. The molecular weight excluding hydrogens is 321 g/mol. The number of amides is 1. The van der Waals surface area contributed by atoms with Crippen molar-refractivity contribution < 1.29 is 14.1 Å². The first-order chi connectivity index (χ1) is 11.1. The Morgan fingerprint density at radius 3 is 2.71 bits per heavy atom. The lowest BCUT2D eigenvalue weighted by atomic mass is 10.1. The molecule has 0 aliphatic heterocycles. The van der Waals surface area contributed by atoms with Gasteiger partial charge in [0.15, 0.2) is 0 Å². The van der Waals surface area contributed by atoms with Gasteiger partial charge in [-0.15, -0.1) is 0 Å². The lowest BCUT2D eigenvalue weighted by Gasteiger charge is -2.22. The van der Waals surface area contributed by atoms with E-state index in [2.05, 4.69) is 20.7 Å². The smallest absolute Gasteiger partial charge is 0.270 e. The second-order valence-corrected chi connectivity index (χ2v) is 5.57. The number of nitro groups is 1. The average Bonchev–Trinajstić information content (AvgIpc) is 3.08. The van der Waals surface area contributed by atoms with E-state index in [0.717, 1.165) is 28.0 Å². The third-order valence-electron chi connectivity index (χ3n) is 3.46. The molecule has 0 bridgehead atoms. The summed E-state index contributed by atoms with van der Waals surface area (Å²) < 4.78 is 16.0. The number of hydrazone groups is 1. The van der Waals surface area contributed by atoms with Crippen molar-refractivity contribution in [3.05, 3.63) is 39.7 Å². The maximum absolute atomic E-state index is 13.7. The third kappa shape index (κ3) is 3.14. The Kier molecular flexibility index (Phi) is 4.44. The summed E-state index contributed by atoms with van der Waals surface area (Å²) in [5.41, 5.74) is 1.39. The number of carbonyl (C=O) groups is 1. The number of aromatic nitrogens is 4. The van der Waals surface area contributed by atoms with Gasteiger partial charge in [0.2, 0.25) is 5.95 Å². The highest BCUT2D eigenvalue weighted by molar-refractivity contribution is 5.86. The van der Waals surface area contributed by atoms with Crippen LogP contribution in [0, 0.1) is 23.0 Å². The van der Waals surface area contributed by atoms with Crippen molar-refractivity contribution in [2.75, 3.05) is 0 Å². The maximum atomic E-state index is 13.7. The third-order valence-corrected chi connectivity index (χ3v) is 3.46. The summed E-state index contributed by atoms with van der Waals surface area (Å²) in [6.45, 7) is 4.65. The molecule has 2 aromatic rings. The number of carbonyl (C=O) groups excluding carboxylic acids is 1. The molecule has 0 aromatic carbocycles. The fraction of sp³-hybridized carbons (Fsp3) is 0.385. The topological polar surface area (TPSA) is 120 Å². The molecular formula is C13H16FN7O3. The van der Waals surface area contributed by atoms with Crippen LogP contribution in [-0.2, 0) is 17.4 Å². The van der Waals surface area contributed by atoms with Gasteiger partial charge in [0.05, 0.1) is 22.4 Å². The molecule has 0 spiro atoms. The molecule has 0 saturated carbocycles. The van der Waals surface area contributed by atoms with Gasteiger partial charge in [-0.2, -0.15) is 19.7 Å². The fourth-order valence-corrected chi connectivity index (χ4v) is 1.90. The molecule has 0 atom stereocenters. The van der Waals surface area contributed by atoms with Crippen molar-refractivity contribution in [2.45, 2.75) is 26.3 Å². The second kappa shape index (κ2) is 6.18. The van der Waals surface area contributed by atoms with Crippen LogP contribution in [0.15, 0.2) is 17.5 Å². The minimum Gasteiger partial charge on any atom is -0.270 e. The first-order valence-corrected chi connectivity index (χ1v) is 6.86. The molecule has 0 radical (unpaired) electrons. The predicted molar refractivity (Wildman–Crippen MR) is 81.8 cm³/mol. The van der Waals surface area contributed by atoms with Crippen LogP contribution in [0.3, 0.4) is 0 Å². The highest BCUT2D eigenvalue weighted by Gasteiger charge is 2.32. The van der Waals surface area contributed by atoms with Crippen molar-refractivity contribution in [1.29, 1.82) is 0 Å². The van der Waals surface area contributed by atoms with E-state index >= 15 is 0 Å². The van der Waals surface area contributed by atoms with E-state index in [4.69, 9.17) is 0 Å². The normalized spacial score (nSPS) is 11.9. The molecule has 2 aromatic heterocycles. The minimum atomic E-state index is -1.23. The molecule has 10 nitrogen and oxygen atoms in total. The Morgan fingerprint density at radius 1 is 1.54 bits per heavy atom. The van der Waals surface area contributed by atoms with Gasteiger partial charge in [0.1, 0.15) is 17.9 Å². The number of aryl methyl sites for hydroxylation is 2. The Labute approximate surface area is 136 Å². The summed E-state index contributed by atoms with van der Waals surface area (Å²) in [5, 5.41) is 22.1. The van der Waals surface area contributed by atoms with Gasteiger partial charge in [0.25, 0.3) is 5.91 Å². The van der Waals surface area contributed by atoms with Crippen molar-refractivity contribution >= 4 is 17.8 Å². The summed E-state index contributed by atoms with van der Waals surface area (Å²) in [4.78, 5) is 22.3. The van der Waals surface area contributed by atoms with E-state index < -0.39 is 22.3 Å². The number of hydrogen-bond acceptors (Lipinski definition) is 6. The standard InChI is InChI=1S/C13H16FN7O3/c1-8-10(11(14)19(4)18-8)6-15-17-12(22)13(2,3)20-7-9(5-16-20)21(23)24/h5-7H,1-4H3,(H,17,22). The Hall–Kier alpha value is -3.11. The molecule has 0 aliphatic carbocycles. The Balaban J connectivity index is 2.12. The molecule has 0 fully saturated rings. The summed E-state index contributed by atoms with van der Waals surface area (Å²) in [5.74, 6) is -1.15. The lowest BCUT2D eigenvalue weighted by molar-refractivity contribution is -0.385. The molecule has 11 heteroatoms. The van der Waals surface area contributed by atoms with E-state index in [1.807, 2.05) is 0 Å². The van der Waals surface area contributed by atoms with Crippen LogP contribution in [0.25, 0.3) is 0 Å². The van der Waals surface area contributed by atoms with Crippen molar-refractivity contribution in [1.82, 2.24) is 25.0 Å². The van der Waals surface area contributed by atoms with Crippen LogP contribution in [0.4, 0.5) is 10.1 Å². The van der Waals surface area contributed by atoms with Crippen molar-refractivity contribution in [3.63, 3.8) is 0 Å². The first kappa shape index (κ1) is 17.2. The zero-order valence-electron chi connectivity index (χ0n) is 13.5. The van der Waals surface area contributed by atoms with Gasteiger partial charge in [0, 0.05) is 7.05 Å². The molecule has 1 amide bonds. The first-order valence-electron chi connectivity index (χ1n) is 6.86. The van der Waals surface area contributed by atoms with Gasteiger partial charge < -0.3 is 0 Å². The number of hydrogen-bond donors (Lipinski definition) is 1.